The van der Waals surface area contributed by atoms with Gasteiger partial charge in [0.05, 0.1) is 31.1 Å². The van der Waals surface area contributed by atoms with Crippen LogP contribution in [-0.2, 0) is 9.53 Å². The fourth-order valence-electron chi connectivity index (χ4n) is 2.07. The second-order valence-corrected chi connectivity index (χ2v) is 6.33. The molecule has 3 N–H and O–H groups in total. The molecule has 1 saturated heterocycles. The van der Waals surface area contributed by atoms with Crippen molar-refractivity contribution in [3.63, 3.8) is 0 Å². The van der Waals surface area contributed by atoms with Gasteiger partial charge in [0.25, 0.3) is 0 Å². The van der Waals surface area contributed by atoms with E-state index in [9.17, 15) is 4.79 Å². The number of nitrogens with one attached hydrogen (secondary N) is 1. The Morgan fingerprint density at radius 3 is 2.39 bits per heavy atom. The highest BCUT2D eigenvalue weighted by Crippen LogP contribution is 2.20. The van der Waals surface area contributed by atoms with Gasteiger partial charge >= 0.3 is 0 Å². The van der Waals surface area contributed by atoms with E-state index in [2.05, 4.69) is 15.2 Å². The predicted octanol–water partition coefficient (Wildman–Crippen LogP) is 2.07. The van der Waals surface area contributed by atoms with Gasteiger partial charge in [-0.25, -0.2) is 4.98 Å². The minimum absolute atomic E-state index is 0. The second-order valence-electron chi connectivity index (χ2n) is 6.33. The standard InChI is InChI=1S/C15H24N4O2.2ClH/c1-15(2,3)13(16)14(20)18-12-5-4-11(10-17-12)19-6-8-21-9-7-19;;/h4-5,10,13H,6-9,16H2,1-3H3,(H,17,18,20);2*1H/t13-;;/m1../s1. The summed E-state index contributed by atoms with van der Waals surface area (Å²) in [5, 5.41) is 2.76. The van der Waals surface area contributed by atoms with E-state index < -0.39 is 6.04 Å². The molecule has 0 radical (unpaired) electrons. The summed E-state index contributed by atoms with van der Waals surface area (Å²) in [6.07, 6.45) is 1.77. The van der Waals surface area contributed by atoms with E-state index in [1.165, 1.54) is 0 Å². The van der Waals surface area contributed by atoms with Crippen molar-refractivity contribution < 1.29 is 9.53 Å². The number of halogens is 2. The van der Waals surface area contributed by atoms with Crippen LogP contribution in [-0.4, -0.2) is 43.2 Å². The quantitative estimate of drug-likeness (QED) is 0.857. The molecule has 132 valence electrons. The molecule has 0 bridgehead atoms. The minimum Gasteiger partial charge on any atom is -0.378 e. The first-order chi connectivity index (χ1) is 9.88. The van der Waals surface area contributed by atoms with E-state index in [-0.39, 0.29) is 36.1 Å². The van der Waals surface area contributed by atoms with Crippen molar-refractivity contribution in [1.29, 1.82) is 0 Å². The zero-order valence-corrected chi connectivity index (χ0v) is 15.4. The van der Waals surface area contributed by atoms with Gasteiger partial charge in [0.15, 0.2) is 0 Å². The molecule has 1 atom stereocenters. The van der Waals surface area contributed by atoms with Gasteiger partial charge in [-0.15, -0.1) is 24.8 Å². The van der Waals surface area contributed by atoms with Gasteiger partial charge in [-0.05, 0) is 17.5 Å². The van der Waals surface area contributed by atoms with Gasteiger partial charge < -0.3 is 20.7 Å². The minimum atomic E-state index is -0.571. The Balaban J connectivity index is 0.00000242. The third-order valence-electron chi connectivity index (χ3n) is 3.59. The molecule has 1 aliphatic heterocycles. The molecule has 0 unspecified atom stereocenters. The SMILES string of the molecule is CC(C)(C)[C@H](N)C(=O)Nc1ccc(N2CCOCC2)cn1.Cl.Cl. The van der Waals surface area contributed by atoms with E-state index in [4.69, 9.17) is 10.5 Å². The molecule has 0 spiro atoms. The Labute approximate surface area is 150 Å². The molecule has 0 aliphatic carbocycles. The fourth-order valence-corrected chi connectivity index (χ4v) is 2.07. The fraction of sp³-hybridized carbons (Fsp3) is 0.600. The maximum absolute atomic E-state index is 12.0. The number of ether oxygens (including phenoxy) is 1. The molecular formula is C15H26Cl2N4O2. The summed E-state index contributed by atoms with van der Waals surface area (Å²) < 4.78 is 5.32. The van der Waals surface area contributed by atoms with Crippen LogP contribution in [0, 0.1) is 5.41 Å². The molecule has 1 fully saturated rings. The number of nitrogens with zero attached hydrogens (tertiary/aromatic N) is 2. The topological polar surface area (TPSA) is 80.5 Å². The molecule has 23 heavy (non-hydrogen) atoms. The van der Waals surface area contributed by atoms with Gasteiger partial charge in [-0.1, -0.05) is 20.8 Å². The highest BCUT2D eigenvalue weighted by molar-refractivity contribution is 5.94. The van der Waals surface area contributed by atoms with Crippen molar-refractivity contribution in [3.05, 3.63) is 18.3 Å². The Morgan fingerprint density at radius 1 is 1.30 bits per heavy atom. The van der Waals surface area contributed by atoms with Gasteiger partial charge in [0.1, 0.15) is 5.82 Å². The van der Waals surface area contributed by atoms with Crippen LogP contribution in [0.1, 0.15) is 20.8 Å². The van der Waals surface area contributed by atoms with Crippen molar-refractivity contribution in [3.8, 4) is 0 Å². The summed E-state index contributed by atoms with van der Waals surface area (Å²) in [4.78, 5) is 18.5. The zero-order valence-electron chi connectivity index (χ0n) is 13.7. The number of pyridine rings is 1. The maximum Gasteiger partial charge on any atom is 0.242 e. The molecule has 1 aromatic heterocycles. The molecule has 1 aliphatic rings. The Kier molecular flexibility index (Phi) is 8.84. The van der Waals surface area contributed by atoms with Crippen LogP contribution in [0.25, 0.3) is 0 Å². The smallest absolute Gasteiger partial charge is 0.242 e. The third kappa shape index (κ3) is 6.14. The Bertz CT molecular complexity index is 485. The monoisotopic (exact) mass is 364 g/mol. The lowest BCUT2D eigenvalue weighted by Gasteiger charge is -2.28. The number of rotatable bonds is 3. The average molecular weight is 365 g/mol. The highest BCUT2D eigenvalue weighted by atomic mass is 35.5. The Hall–Kier alpha value is -1.08. The molecule has 8 heteroatoms. The number of carbonyl (C=O) groups is 1. The summed E-state index contributed by atoms with van der Waals surface area (Å²) in [7, 11) is 0. The number of hydrogen-bond donors (Lipinski definition) is 2. The van der Waals surface area contributed by atoms with Crippen LogP contribution >= 0.6 is 24.8 Å². The van der Waals surface area contributed by atoms with Crippen molar-refractivity contribution >= 4 is 42.2 Å². The number of nitrogens with two attached hydrogens (primary N) is 1. The number of amides is 1. The van der Waals surface area contributed by atoms with Crippen molar-refractivity contribution in [2.45, 2.75) is 26.8 Å². The van der Waals surface area contributed by atoms with Crippen LogP contribution in [0.2, 0.25) is 0 Å². The highest BCUT2D eigenvalue weighted by Gasteiger charge is 2.27. The van der Waals surface area contributed by atoms with Crippen LogP contribution in [0.5, 0.6) is 0 Å². The molecule has 2 rings (SSSR count). The van der Waals surface area contributed by atoms with E-state index in [1.54, 1.807) is 12.3 Å². The Morgan fingerprint density at radius 2 is 1.91 bits per heavy atom. The maximum atomic E-state index is 12.0. The number of carbonyl (C=O) groups excluding carboxylic acids is 1. The molecule has 1 aromatic rings. The summed E-state index contributed by atoms with van der Waals surface area (Å²) in [6.45, 7) is 9.01. The molecule has 0 aromatic carbocycles. The first kappa shape index (κ1) is 21.9. The van der Waals surface area contributed by atoms with E-state index >= 15 is 0 Å². The summed E-state index contributed by atoms with van der Waals surface area (Å²) in [6, 6.07) is 3.19. The van der Waals surface area contributed by atoms with E-state index in [0.29, 0.717) is 5.82 Å². The summed E-state index contributed by atoms with van der Waals surface area (Å²) >= 11 is 0. The largest absolute Gasteiger partial charge is 0.378 e. The van der Waals surface area contributed by atoms with Crippen LogP contribution in [0.15, 0.2) is 18.3 Å². The van der Waals surface area contributed by atoms with Gasteiger partial charge in [0, 0.05) is 13.1 Å². The second kappa shape index (κ2) is 9.27. The number of hydrogen-bond acceptors (Lipinski definition) is 5. The van der Waals surface area contributed by atoms with Gasteiger partial charge in [-0.2, -0.15) is 0 Å². The summed E-state index contributed by atoms with van der Waals surface area (Å²) in [5.41, 5.74) is 6.69. The van der Waals surface area contributed by atoms with Crippen molar-refractivity contribution in [1.82, 2.24) is 4.98 Å². The predicted molar refractivity (Wildman–Crippen MR) is 97.8 cm³/mol. The van der Waals surface area contributed by atoms with Crippen molar-refractivity contribution in [2.75, 3.05) is 36.5 Å². The molecule has 0 saturated carbocycles. The molecule has 2 heterocycles. The average Bonchev–Trinajstić information content (AvgIpc) is 2.47. The third-order valence-corrected chi connectivity index (χ3v) is 3.59. The number of aromatic nitrogens is 1. The first-order valence-corrected chi connectivity index (χ1v) is 7.23. The van der Waals surface area contributed by atoms with Crippen LogP contribution < -0.4 is 16.0 Å². The normalized spacial score (nSPS) is 15.9. The number of morpholine rings is 1. The van der Waals surface area contributed by atoms with Crippen molar-refractivity contribution in [2.24, 2.45) is 11.1 Å². The first-order valence-electron chi connectivity index (χ1n) is 7.23. The van der Waals surface area contributed by atoms with Crippen LogP contribution in [0.3, 0.4) is 0 Å². The zero-order chi connectivity index (χ0) is 15.5. The van der Waals surface area contributed by atoms with Crippen LogP contribution in [0.4, 0.5) is 11.5 Å². The number of anilines is 2. The summed E-state index contributed by atoms with van der Waals surface area (Å²) in [5.74, 6) is 0.311. The molecule has 6 nitrogen and oxygen atoms in total. The molecular weight excluding hydrogens is 339 g/mol. The lowest BCUT2D eigenvalue weighted by Crippen LogP contribution is -2.45. The lowest BCUT2D eigenvalue weighted by molar-refractivity contribution is -0.119. The van der Waals surface area contributed by atoms with E-state index in [1.807, 2.05) is 26.8 Å². The van der Waals surface area contributed by atoms with E-state index in [0.717, 1.165) is 32.0 Å². The lowest BCUT2D eigenvalue weighted by atomic mass is 9.87. The van der Waals surface area contributed by atoms with Gasteiger partial charge in [-0.3, -0.25) is 4.79 Å². The van der Waals surface area contributed by atoms with Gasteiger partial charge in [0.2, 0.25) is 5.91 Å². The molecule has 1 amide bonds.